The minimum absolute atomic E-state index is 0.175. The van der Waals surface area contributed by atoms with Crippen molar-refractivity contribution in [3.63, 3.8) is 0 Å². The summed E-state index contributed by atoms with van der Waals surface area (Å²) in [5.41, 5.74) is 1.17. The normalized spacial score (nSPS) is 26.8. The van der Waals surface area contributed by atoms with Crippen LogP contribution in [0.4, 0.5) is 0 Å². The molecule has 1 saturated heterocycles. The standard InChI is InChI=1S/C15H18O3/c1-2-5-12(6-3-1)10-17-13-9-15-14(18-11-13)7-4-8-16-15/h1-3,5-6,11,14-15H,4,7-10H2/t14-,15+/m1/s1. The van der Waals surface area contributed by atoms with E-state index in [0.717, 1.165) is 31.6 Å². The summed E-state index contributed by atoms with van der Waals surface area (Å²) in [6, 6.07) is 10.2. The molecule has 2 aliphatic heterocycles. The molecule has 0 amide bonds. The zero-order valence-electron chi connectivity index (χ0n) is 10.4. The van der Waals surface area contributed by atoms with Crippen molar-refractivity contribution < 1.29 is 14.2 Å². The second-order valence-electron chi connectivity index (χ2n) is 4.79. The summed E-state index contributed by atoms with van der Waals surface area (Å²) < 4.78 is 17.2. The minimum Gasteiger partial charge on any atom is -0.492 e. The molecule has 1 aromatic carbocycles. The average molecular weight is 246 g/mol. The Bertz CT molecular complexity index is 413. The van der Waals surface area contributed by atoms with E-state index in [1.165, 1.54) is 5.56 Å². The monoisotopic (exact) mass is 246 g/mol. The van der Waals surface area contributed by atoms with Crippen molar-refractivity contribution in [3.8, 4) is 0 Å². The topological polar surface area (TPSA) is 27.7 Å². The van der Waals surface area contributed by atoms with Crippen LogP contribution in [0.25, 0.3) is 0 Å². The molecule has 0 radical (unpaired) electrons. The van der Waals surface area contributed by atoms with Crippen molar-refractivity contribution in [3.05, 3.63) is 47.9 Å². The lowest BCUT2D eigenvalue weighted by atomic mass is 10.0. The fourth-order valence-electron chi connectivity index (χ4n) is 2.41. The zero-order valence-corrected chi connectivity index (χ0v) is 10.4. The van der Waals surface area contributed by atoms with E-state index >= 15 is 0 Å². The van der Waals surface area contributed by atoms with E-state index in [1.54, 1.807) is 6.26 Å². The van der Waals surface area contributed by atoms with Crippen molar-refractivity contribution in [2.45, 2.75) is 38.1 Å². The molecule has 0 unspecified atom stereocenters. The highest BCUT2D eigenvalue weighted by Gasteiger charge is 2.31. The summed E-state index contributed by atoms with van der Waals surface area (Å²) in [7, 11) is 0. The largest absolute Gasteiger partial charge is 0.492 e. The van der Waals surface area contributed by atoms with Crippen LogP contribution in [0.3, 0.4) is 0 Å². The third kappa shape index (κ3) is 2.67. The molecule has 96 valence electrons. The Hall–Kier alpha value is -1.48. The first-order valence-electron chi connectivity index (χ1n) is 6.54. The summed E-state index contributed by atoms with van der Waals surface area (Å²) in [6.45, 7) is 1.43. The predicted molar refractivity (Wildman–Crippen MR) is 67.8 cm³/mol. The van der Waals surface area contributed by atoms with Gasteiger partial charge < -0.3 is 14.2 Å². The number of benzene rings is 1. The first-order chi connectivity index (χ1) is 8.92. The summed E-state index contributed by atoms with van der Waals surface area (Å²) >= 11 is 0. The van der Waals surface area contributed by atoms with E-state index in [9.17, 15) is 0 Å². The lowest BCUT2D eigenvalue weighted by Crippen LogP contribution is -2.38. The maximum absolute atomic E-state index is 5.77. The van der Waals surface area contributed by atoms with Crippen LogP contribution in [0.15, 0.2) is 42.4 Å². The predicted octanol–water partition coefficient (Wildman–Crippen LogP) is 3.01. The Morgan fingerprint density at radius 3 is 2.94 bits per heavy atom. The second-order valence-corrected chi connectivity index (χ2v) is 4.79. The van der Waals surface area contributed by atoms with Crippen LogP contribution in [-0.4, -0.2) is 18.8 Å². The highest BCUT2D eigenvalue weighted by molar-refractivity contribution is 5.14. The molecule has 0 N–H and O–H groups in total. The maximum atomic E-state index is 5.77. The number of rotatable bonds is 3. The molecule has 1 aromatic rings. The summed E-state index contributed by atoms with van der Waals surface area (Å²) in [5, 5.41) is 0. The highest BCUT2D eigenvalue weighted by Crippen LogP contribution is 2.28. The van der Waals surface area contributed by atoms with Gasteiger partial charge in [-0.15, -0.1) is 0 Å². The number of hydrogen-bond donors (Lipinski definition) is 0. The average Bonchev–Trinajstić information content (AvgIpc) is 2.46. The Morgan fingerprint density at radius 2 is 2.06 bits per heavy atom. The van der Waals surface area contributed by atoms with E-state index in [1.807, 2.05) is 18.2 Å². The molecule has 0 bridgehead atoms. The van der Waals surface area contributed by atoms with E-state index in [2.05, 4.69) is 12.1 Å². The van der Waals surface area contributed by atoms with Crippen molar-refractivity contribution in [1.29, 1.82) is 0 Å². The summed E-state index contributed by atoms with van der Waals surface area (Å²) in [4.78, 5) is 0. The van der Waals surface area contributed by atoms with Gasteiger partial charge in [0, 0.05) is 13.0 Å². The van der Waals surface area contributed by atoms with Crippen LogP contribution in [0.2, 0.25) is 0 Å². The smallest absolute Gasteiger partial charge is 0.134 e. The fourth-order valence-corrected chi connectivity index (χ4v) is 2.41. The van der Waals surface area contributed by atoms with Gasteiger partial charge in [-0.3, -0.25) is 0 Å². The van der Waals surface area contributed by atoms with Crippen LogP contribution in [0.1, 0.15) is 24.8 Å². The SMILES string of the molecule is C1=C(OCc2ccccc2)C[C@@H]2OCCC[C@H]2O1. The molecule has 0 aromatic heterocycles. The Kier molecular flexibility index (Phi) is 3.51. The second kappa shape index (κ2) is 5.44. The Balaban J connectivity index is 1.56. The van der Waals surface area contributed by atoms with Crippen molar-refractivity contribution in [2.75, 3.05) is 6.61 Å². The molecule has 1 fully saturated rings. The highest BCUT2D eigenvalue weighted by atomic mass is 16.6. The molecule has 3 heteroatoms. The van der Waals surface area contributed by atoms with E-state index in [0.29, 0.717) is 6.61 Å². The van der Waals surface area contributed by atoms with Crippen LogP contribution in [0, 0.1) is 0 Å². The Morgan fingerprint density at radius 1 is 1.17 bits per heavy atom. The molecule has 2 atom stereocenters. The third-order valence-corrected chi connectivity index (χ3v) is 3.42. The Labute approximate surface area is 107 Å². The van der Waals surface area contributed by atoms with Crippen LogP contribution >= 0.6 is 0 Å². The number of fused-ring (bicyclic) bond motifs is 1. The van der Waals surface area contributed by atoms with Gasteiger partial charge in [0.2, 0.25) is 0 Å². The van der Waals surface area contributed by atoms with Gasteiger partial charge >= 0.3 is 0 Å². The van der Waals surface area contributed by atoms with Crippen LogP contribution in [-0.2, 0) is 20.8 Å². The minimum atomic E-state index is 0.175. The molecule has 0 aliphatic carbocycles. The van der Waals surface area contributed by atoms with E-state index in [-0.39, 0.29) is 12.2 Å². The van der Waals surface area contributed by atoms with Gasteiger partial charge in [0.25, 0.3) is 0 Å². The summed E-state index contributed by atoms with van der Waals surface area (Å²) in [6.07, 6.45) is 5.18. The number of hydrogen-bond acceptors (Lipinski definition) is 3. The lowest BCUT2D eigenvalue weighted by molar-refractivity contribution is -0.0988. The van der Waals surface area contributed by atoms with E-state index < -0.39 is 0 Å². The van der Waals surface area contributed by atoms with Crippen molar-refractivity contribution in [1.82, 2.24) is 0 Å². The molecule has 3 nitrogen and oxygen atoms in total. The maximum Gasteiger partial charge on any atom is 0.134 e. The van der Waals surface area contributed by atoms with Crippen molar-refractivity contribution in [2.24, 2.45) is 0 Å². The first kappa shape index (κ1) is 11.6. The van der Waals surface area contributed by atoms with E-state index in [4.69, 9.17) is 14.2 Å². The quantitative estimate of drug-likeness (QED) is 0.820. The van der Waals surface area contributed by atoms with Gasteiger partial charge in [0.1, 0.15) is 30.8 Å². The molecule has 18 heavy (non-hydrogen) atoms. The van der Waals surface area contributed by atoms with Crippen LogP contribution < -0.4 is 0 Å². The molecule has 2 aliphatic rings. The molecule has 3 rings (SSSR count). The molecular formula is C15H18O3. The fraction of sp³-hybridized carbons (Fsp3) is 0.467. The van der Waals surface area contributed by atoms with Crippen LogP contribution in [0.5, 0.6) is 0 Å². The van der Waals surface area contributed by atoms with Gasteiger partial charge in [0.05, 0.1) is 0 Å². The molecule has 2 heterocycles. The third-order valence-electron chi connectivity index (χ3n) is 3.42. The zero-order chi connectivity index (χ0) is 12.2. The lowest BCUT2D eigenvalue weighted by Gasteiger charge is -2.34. The van der Waals surface area contributed by atoms with Gasteiger partial charge in [0.15, 0.2) is 0 Å². The first-order valence-corrected chi connectivity index (χ1v) is 6.54. The van der Waals surface area contributed by atoms with Gasteiger partial charge in [-0.1, -0.05) is 30.3 Å². The van der Waals surface area contributed by atoms with Gasteiger partial charge in [-0.2, -0.15) is 0 Å². The molecule has 0 spiro atoms. The van der Waals surface area contributed by atoms with Gasteiger partial charge in [-0.05, 0) is 18.4 Å². The summed E-state index contributed by atoms with van der Waals surface area (Å²) in [5.74, 6) is 0.891. The number of ether oxygens (including phenoxy) is 3. The molecule has 0 saturated carbocycles. The van der Waals surface area contributed by atoms with Crippen molar-refractivity contribution >= 4 is 0 Å². The molecular weight excluding hydrogens is 228 g/mol. The van der Waals surface area contributed by atoms with Gasteiger partial charge in [-0.25, -0.2) is 0 Å².